The number of methoxy groups -OCH3 is 1. The van der Waals surface area contributed by atoms with Crippen LogP contribution in [0, 0.1) is 0 Å². The summed E-state index contributed by atoms with van der Waals surface area (Å²) < 4.78 is 11.6. The van der Waals surface area contributed by atoms with Gasteiger partial charge in [-0.3, -0.25) is 0 Å². The van der Waals surface area contributed by atoms with Crippen molar-refractivity contribution < 1.29 is 18.8 Å². The highest BCUT2D eigenvalue weighted by molar-refractivity contribution is 7.18. The van der Waals surface area contributed by atoms with Gasteiger partial charge >= 0.3 is 5.97 Å². The van der Waals surface area contributed by atoms with E-state index in [1.807, 2.05) is 23.5 Å². The number of likely N-dealkylation sites (tertiary alicyclic amines) is 1. The van der Waals surface area contributed by atoms with Gasteiger partial charge in [0, 0.05) is 0 Å². The van der Waals surface area contributed by atoms with Crippen LogP contribution in [0.3, 0.4) is 0 Å². The maximum absolute atomic E-state index is 11.5. The molecule has 1 saturated heterocycles. The zero-order chi connectivity index (χ0) is 17.2. The predicted octanol–water partition coefficient (Wildman–Crippen LogP) is 2.64. The Morgan fingerprint density at radius 3 is 3.08 bits per heavy atom. The number of para-hydroxylation sites is 1. The van der Waals surface area contributed by atoms with E-state index in [1.54, 1.807) is 6.07 Å². The van der Waals surface area contributed by atoms with E-state index in [4.69, 9.17) is 14.1 Å². The minimum atomic E-state index is -0.424. The first kappa shape index (κ1) is 16.3. The van der Waals surface area contributed by atoms with Gasteiger partial charge in [-0.15, -0.1) is 11.3 Å². The highest BCUT2D eigenvalue weighted by Crippen LogP contribution is 2.30. The van der Waals surface area contributed by atoms with Crippen molar-refractivity contribution in [2.45, 2.75) is 25.3 Å². The maximum atomic E-state index is 11.5. The summed E-state index contributed by atoms with van der Waals surface area (Å²) in [7, 11) is 1.36. The number of hydrogen-bond acceptors (Lipinski definition) is 5. The van der Waals surface area contributed by atoms with Crippen molar-refractivity contribution in [2.75, 3.05) is 20.2 Å². The molecule has 3 aromatic rings. The molecule has 6 heteroatoms. The van der Waals surface area contributed by atoms with E-state index in [9.17, 15) is 4.79 Å². The minimum absolute atomic E-state index is 0.275. The van der Waals surface area contributed by atoms with E-state index in [0.29, 0.717) is 5.92 Å². The predicted molar refractivity (Wildman–Crippen MR) is 96.0 cm³/mol. The van der Waals surface area contributed by atoms with E-state index < -0.39 is 5.97 Å². The summed E-state index contributed by atoms with van der Waals surface area (Å²) in [6, 6.07) is 11.9. The van der Waals surface area contributed by atoms with Crippen LogP contribution in [-0.2, 0) is 11.3 Å². The Labute approximate surface area is 150 Å². The second-order valence-corrected chi connectivity index (χ2v) is 7.56. The van der Waals surface area contributed by atoms with Gasteiger partial charge in [0.15, 0.2) is 5.76 Å². The fraction of sp³-hybridized carbons (Fsp3) is 0.368. The summed E-state index contributed by atoms with van der Waals surface area (Å²) >= 11 is 1.81. The zero-order valence-electron chi connectivity index (χ0n) is 14.2. The van der Waals surface area contributed by atoms with E-state index in [1.165, 1.54) is 34.6 Å². The fourth-order valence-corrected chi connectivity index (χ4v) is 4.62. The number of carbonyl (C=O) groups excluding carboxylic acids is 1. The Bertz CT molecular complexity index is 853. The second kappa shape index (κ2) is 6.98. The lowest BCUT2D eigenvalue weighted by Gasteiger charge is -2.28. The summed E-state index contributed by atoms with van der Waals surface area (Å²) in [6.45, 7) is 2.96. The number of esters is 1. The largest absolute Gasteiger partial charge is 0.463 e. The molecule has 0 saturated carbocycles. The van der Waals surface area contributed by atoms with E-state index in [0.717, 1.165) is 30.9 Å². The summed E-state index contributed by atoms with van der Waals surface area (Å²) in [5, 5.41) is 1.24. The number of benzene rings is 1. The van der Waals surface area contributed by atoms with Gasteiger partial charge in [-0.2, -0.15) is 0 Å². The third-order valence-corrected chi connectivity index (χ3v) is 5.95. The standard InChI is InChI=1S/C19H20N2O3S/c1-23-19(22)16-9-8-14(24-16)12-21-10-4-5-13(11-21)18-20-15-6-2-3-7-17(15)25-18/h2-3,6-9,13H,4-5,10-12H2,1H3/p+1/t13-/m1/s1. The van der Waals surface area contributed by atoms with Crippen LogP contribution < -0.4 is 4.90 Å². The Hall–Kier alpha value is -2.18. The molecule has 1 fully saturated rings. The molecule has 1 N–H and O–H groups in total. The van der Waals surface area contributed by atoms with Crippen LogP contribution in [0.15, 0.2) is 40.8 Å². The number of furan rings is 1. The number of quaternary nitrogens is 1. The van der Waals surface area contributed by atoms with Crippen molar-refractivity contribution in [3.8, 4) is 0 Å². The topological polar surface area (TPSA) is 56.8 Å². The molecule has 3 heterocycles. The molecular formula is C19H21N2O3S+. The molecule has 4 rings (SSSR count). The lowest BCUT2D eigenvalue weighted by atomic mass is 9.98. The van der Waals surface area contributed by atoms with Gasteiger partial charge in [0.2, 0.25) is 5.76 Å². The Morgan fingerprint density at radius 2 is 2.24 bits per heavy atom. The number of nitrogens with one attached hydrogen (secondary N) is 1. The molecule has 1 aromatic carbocycles. The van der Waals surface area contributed by atoms with E-state index >= 15 is 0 Å². The van der Waals surface area contributed by atoms with Gasteiger partial charge in [0.25, 0.3) is 0 Å². The van der Waals surface area contributed by atoms with Crippen molar-refractivity contribution in [3.63, 3.8) is 0 Å². The molecule has 0 aliphatic carbocycles. The van der Waals surface area contributed by atoms with Crippen molar-refractivity contribution in [1.29, 1.82) is 0 Å². The normalized spacial score (nSPS) is 20.7. The van der Waals surface area contributed by atoms with Crippen LogP contribution in [0.5, 0.6) is 0 Å². The lowest BCUT2D eigenvalue weighted by molar-refractivity contribution is -0.921. The molecule has 1 aliphatic heterocycles. The van der Waals surface area contributed by atoms with Gasteiger partial charge in [0.1, 0.15) is 11.6 Å². The first-order valence-electron chi connectivity index (χ1n) is 8.59. The summed E-state index contributed by atoms with van der Waals surface area (Å²) in [5.41, 5.74) is 1.10. The number of nitrogens with zero attached hydrogens (tertiary/aromatic N) is 1. The fourth-order valence-electron chi connectivity index (χ4n) is 3.52. The SMILES string of the molecule is COC(=O)c1ccc(C[NH+]2CCC[C@@H](c3nc4ccccc4s3)C2)o1. The van der Waals surface area contributed by atoms with Crippen LogP contribution in [0.2, 0.25) is 0 Å². The van der Waals surface area contributed by atoms with Crippen molar-refractivity contribution in [3.05, 3.63) is 52.9 Å². The van der Waals surface area contributed by atoms with Crippen LogP contribution in [0.4, 0.5) is 0 Å². The number of carbonyl (C=O) groups is 1. The maximum Gasteiger partial charge on any atom is 0.373 e. The number of hydrogen-bond donors (Lipinski definition) is 1. The molecule has 5 nitrogen and oxygen atoms in total. The number of thiazole rings is 1. The van der Waals surface area contributed by atoms with Gasteiger partial charge in [-0.05, 0) is 37.1 Å². The first-order valence-corrected chi connectivity index (χ1v) is 9.40. The van der Waals surface area contributed by atoms with Crippen LogP contribution in [0.25, 0.3) is 10.2 Å². The monoisotopic (exact) mass is 357 g/mol. The summed E-state index contributed by atoms with van der Waals surface area (Å²) in [6.07, 6.45) is 2.37. The molecular weight excluding hydrogens is 336 g/mol. The number of piperidine rings is 1. The highest BCUT2D eigenvalue weighted by Gasteiger charge is 2.28. The van der Waals surface area contributed by atoms with E-state index in [-0.39, 0.29) is 5.76 Å². The molecule has 130 valence electrons. The zero-order valence-corrected chi connectivity index (χ0v) is 15.0. The number of ether oxygens (including phenoxy) is 1. The Kier molecular flexibility index (Phi) is 4.55. The van der Waals surface area contributed by atoms with Crippen LogP contribution >= 0.6 is 11.3 Å². The van der Waals surface area contributed by atoms with Gasteiger partial charge < -0.3 is 14.1 Å². The quantitative estimate of drug-likeness (QED) is 0.730. The average molecular weight is 357 g/mol. The van der Waals surface area contributed by atoms with Crippen molar-refractivity contribution in [1.82, 2.24) is 4.98 Å². The molecule has 0 radical (unpaired) electrons. The van der Waals surface area contributed by atoms with Crippen molar-refractivity contribution in [2.24, 2.45) is 0 Å². The molecule has 0 spiro atoms. The molecule has 2 atom stereocenters. The number of rotatable bonds is 4. The smallest absolute Gasteiger partial charge is 0.373 e. The van der Waals surface area contributed by atoms with Gasteiger partial charge in [0.05, 0.1) is 36.3 Å². The van der Waals surface area contributed by atoms with Crippen LogP contribution in [0.1, 0.15) is 40.1 Å². The third-order valence-electron chi connectivity index (χ3n) is 4.75. The second-order valence-electron chi connectivity index (χ2n) is 6.50. The Morgan fingerprint density at radius 1 is 1.36 bits per heavy atom. The van der Waals surface area contributed by atoms with Gasteiger partial charge in [-0.1, -0.05) is 12.1 Å². The number of fused-ring (bicyclic) bond motifs is 1. The first-order chi connectivity index (χ1) is 12.2. The average Bonchev–Trinajstić information content (AvgIpc) is 3.28. The minimum Gasteiger partial charge on any atom is -0.463 e. The highest BCUT2D eigenvalue weighted by atomic mass is 32.1. The van der Waals surface area contributed by atoms with E-state index in [2.05, 4.69) is 18.2 Å². The third kappa shape index (κ3) is 3.45. The van der Waals surface area contributed by atoms with Crippen LogP contribution in [-0.4, -0.2) is 31.2 Å². The summed E-state index contributed by atoms with van der Waals surface area (Å²) in [4.78, 5) is 17.8. The van der Waals surface area contributed by atoms with Gasteiger partial charge in [-0.25, -0.2) is 9.78 Å². The van der Waals surface area contributed by atoms with Crippen molar-refractivity contribution >= 4 is 27.5 Å². The number of aromatic nitrogens is 1. The molecule has 1 unspecified atom stereocenters. The lowest BCUT2D eigenvalue weighted by Crippen LogP contribution is -3.12. The molecule has 25 heavy (non-hydrogen) atoms. The Balaban J connectivity index is 1.45. The molecule has 2 aromatic heterocycles. The summed E-state index contributed by atoms with van der Waals surface area (Å²) in [5.74, 6) is 1.18. The molecule has 0 bridgehead atoms. The molecule has 0 amide bonds. The molecule has 1 aliphatic rings.